The molecule has 8 N–H and O–H groups in total. The molecule has 8 rings (SSSR count). The predicted molar refractivity (Wildman–Crippen MR) is 248 cm³/mol. The van der Waals surface area contributed by atoms with Crippen LogP contribution in [-0.4, -0.2) is 60.3 Å². The van der Waals surface area contributed by atoms with Crippen LogP contribution in [0, 0.1) is 0 Å². The van der Waals surface area contributed by atoms with E-state index in [0.29, 0.717) is 22.7 Å². The largest absolute Gasteiger partial charge is 0.399 e. The van der Waals surface area contributed by atoms with Gasteiger partial charge in [-0.3, -0.25) is 19.2 Å². The van der Waals surface area contributed by atoms with Crippen molar-refractivity contribution < 1.29 is 44.4 Å². The number of carbonyl (C=O) groups is 4. The molecule has 0 fully saturated rings. The van der Waals surface area contributed by atoms with Crippen molar-refractivity contribution >= 4 is 98.7 Å². The van der Waals surface area contributed by atoms with Crippen molar-refractivity contribution in [2.75, 3.05) is 22.1 Å². The number of amides is 2. The highest BCUT2D eigenvalue weighted by Crippen LogP contribution is 2.29. The summed E-state index contributed by atoms with van der Waals surface area (Å²) < 4.78 is 79.8. The number of nitrogens with zero attached hydrogens (tertiary/aromatic N) is 2. The Morgan fingerprint density at radius 3 is 0.910 bits per heavy atom. The third-order valence-electron chi connectivity index (χ3n) is 10.0. The van der Waals surface area contributed by atoms with Crippen molar-refractivity contribution in [2.45, 2.75) is 29.4 Å². The Hall–Kier alpha value is -8.53. The number of hydrogen-bond donors (Lipinski definition) is 6. The number of hydrogen-bond acceptors (Lipinski definition) is 16. The normalized spacial score (nSPS) is 15.6. The third-order valence-corrected chi connectivity index (χ3v) is 15.4. The van der Waals surface area contributed by atoms with E-state index in [1.54, 1.807) is 0 Å². The molecule has 0 spiro atoms. The van der Waals surface area contributed by atoms with Crippen LogP contribution in [-0.2, 0) is 48.7 Å². The van der Waals surface area contributed by atoms with Gasteiger partial charge in [0.2, 0.25) is 41.1 Å². The van der Waals surface area contributed by atoms with Crippen LogP contribution >= 0.6 is 0 Å². The number of nitrogens with two attached hydrogens (primary N) is 2. The first-order valence-electron chi connectivity index (χ1n) is 19.6. The van der Waals surface area contributed by atoms with Crippen molar-refractivity contribution in [1.29, 1.82) is 0 Å². The van der Waals surface area contributed by atoms with Gasteiger partial charge < -0.3 is 32.7 Å². The van der Waals surface area contributed by atoms with Crippen LogP contribution in [0.2, 0.25) is 0 Å². The summed E-state index contributed by atoms with van der Waals surface area (Å²) in [4.78, 5) is 58.1. The number of sulfone groups is 3. The van der Waals surface area contributed by atoms with E-state index in [9.17, 15) is 44.4 Å². The van der Waals surface area contributed by atoms with Gasteiger partial charge in [0.05, 0.1) is 52.1 Å². The van der Waals surface area contributed by atoms with E-state index in [0.717, 1.165) is 12.2 Å². The smallest absolute Gasteiger partial charge is 0.297 e. The van der Waals surface area contributed by atoms with Gasteiger partial charge in [0.15, 0.2) is 11.7 Å². The molecule has 6 aromatic rings. The van der Waals surface area contributed by atoms with Crippen molar-refractivity contribution in [3.63, 3.8) is 0 Å². The third kappa shape index (κ3) is 9.64. The molecule has 2 aliphatic rings. The minimum atomic E-state index is -4.10. The first-order chi connectivity index (χ1) is 31.9. The number of amidine groups is 2. The van der Waals surface area contributed by atoms with E-state index in [4.69, 9.17) is 11.5 Å². The Bertz CT molecular complexity index is 3480. The van der Waals surface area contributed by atoms with E-state index < -0.39 is 52.9 Å². The van der Waals surface area contributed by atoms with Crippen LogP contribution in [0.5, 0.6) is 0 Å². The van der Waals surface area contributed by atoms with Crippen LogP contribution in [0.3, 0.4) is 0 Å². The Kier molecular flexibility index (Phi) is 12.0. The van der Waals surface area contributed by atoms with E-state index >= 15 is 0 Å². The average molecular weight is 955 g/mol. The lowest BCUT2D eigenvalue weighted by Gasteiger charge is -2.18. The fourth-order valence-corrected chi connectivity index (χ4v) is 10.3. The minimum absolute atomic E-state index is 0.00196. The van der Waals surface area contributed by atoms with Crippen LogP contribution in [0.1, 0.15) is 0 Å². The molecule has 0 radical (unpaired) electrons. The van der Waals surface area contributed by atoms with E-state index in [2.05, 4.69) is 31.3 Å². The molecule has 0 atom stereocenters. The number of aliphatic imine (C=N–C) groups is 2. The highest BCUT2D eigenvalue weighted by atomic mass is 32.2. The standard InChI is InChI=1S/C46H34N8O10S3/c47-27-1-13-33(14-2-27)65(59,60)35-17-5-29(6-18-35)49-39-25-41(55)46(58)54-44(39)52-32-11-23-38(24-12-32)67(63,64)36-19-7-30(8-20-36)50-40-26-42(56)45(57)53-43(40)51-31-9-21-37(22-10-31)66(61,62)34-15-3-28(48)4-16-34/h1-26,49-50H,47-48H2,(H,51,53,57)(H,52,54,58). The fourth-order valence-electron chi connectivity index (χ4n) is 6.48. The summed E-state index contributed by atoms with van der Waals surface area (Å²) in [5.41, 5.74) is 13.5. The Balaban J connectivity index is 0.957. The molecule has 0 bridgehead atoms. The van der Waals surface area contributed by atoms with Crippen LogP contribution in [0.25, 0.3) is 0 Å². The molecule has 0 aliphatic carbocycles. The highest BCUT2D eigenvalue weighted by Gasteiger charge is 2.27. The maximum atomic E-state index is 13.7. The SMILES string of the molecule is Nc1ccc(S(=O)(=O)c2ccc(N=C3NC(=O)C(=O)C=C3Nc3ccc(S(=O)(=O)c4ccc(N=C5NC(=O)C(=O)C=C5Nc5ccc(S(=O)(=O)c6ccc(N)cc6)cc5)cc4)cc3)cc2)cc1. The highest BCUT2D eigenvalue weighted by molar-refractivity contribution is 7.92. The molecule has 0 saturated carbocycles. The Labute approximate surface area is 382 Å². The molecule has 6 aromatic carbocycles. The summed E-state index contributed by atoms with van der Waals surface area (Å²) in [6.45, 7) is 0. The lowest BCUT2D eigenvalue weighted by atomic mass is 10.2. The number of nitrogens with one attached hydrogen (secondary N) is 4. The molecular weight excluding hydrogens is 921 g/mol. The fraction of sp³-hybridized carbons (Fsp3) is 0. The van der Waals surface area contributed by atoms with Crippen LogP contribution < -0.4 is 32.7 Å². The van der Waals surface area contributed by atoms with Gasteiger partial charge in [0.1, 0.15) is 0 Å². The second kappa shape index (κ2) is 17.8. The van der Waals surface area contributed by atoms with Crippen molar-refractivity contribution in [3.8, 4) is 0 Å². The van der Waals surface area contributed by atoms with Gasteiger partial charge >= 0.3 is 0 Å². The Morgan fingerprint density at radius 2 is 0.627 bits per heavy atom. The van der Waals surface area contributed by atoms with Crippen LogP contribution in [0.4, 0.5) is 34.1 Å². The molecular formula is C46H34N8O10S3. The minimum Gasteiger partial charge on any atom is -0.399 e. The molecule has 0 saturated heterocycles. The Morgan fingerprint density at radius 1 is 0.373 bits per heavy atom. The monoisotopic (exact) mass is 954 g/mol. The van der Waals surface area contributed by atoms with Gasteiger partial charge in [0.25, 0.3) is 11.8 Å². The summed E-state index contributed by atoms with van der Waals surface area (Å²) in [5, 5.41) is 10.7. The number of rotatable bonds is 12. The number of nitrogen functional groups attached to an aromatic ring is 2. The summed E-state index contributed by atoms with van der Waals surface area (Å²) in [7, 11) is -11.8. The van der Waals surface area contributed by atoms with E-state index in [1.165, 1.54) is 146 Å². The zero-order valence-corrected chi connectivity index (χ0v) is 36.8. The molecule has 21 heteroatoms. The summed E-state index contributed by atoms with van der Waals surface area (Å²) in [5.74, 6) is -3.78. The lowest BCUT2D eigenvalue weighted by Crippen LogP contribution is -2.42. The number of ketones is 2. The molecule has 2 aliphatic heterocycles. The van der Waals surface area contributed by atoms with Crippen LogP contribution in [0.15, 0.2) is 208 Å². The number of carbonyl (C=O) groups excluding carboxylic acids is 4. The maximum Gasteiger partial charge on any atom is 0.297 e. The lowest BCUT2D eigenvalue weighted by molar-refractivity contribution is -0.134. The van der Waals surface area contributed by atoms with Crippen molar-refractivity contribution in [1.82, 2.24) is 10.6 Å². The summed E-state index contributed by atoms with van der Waals surface area (Å²) in [6, 6.07) is 33.6. The number of benzene rings is 6. The second-order valence-electron chi connectivity index (χ2n) is 14.6. The predicted octanol–water partition coefficient (Wildman–Crippen LogP) is 4.80. The molecule has 336 valence electrons. The topological polar surface area (TPSA) is 296 Å². The molecule has 0 aromatic heterocycles. The quantitative estimate of drug-likeness (QED) is 0.0710. The van der Waals surface area contributed by atoms with Crippen molar-refractivity contribution in [2.24, 2.45) is 9.98 Å². The zero-order valence-electron chi connectivity index (χ0n) is 34.4. The van der Waals surface area contributed by atoms with E-state index in [1.807, 2.05) is 0 Å². The number of anilines is 4. The van der Waals surface area contributed by atoms with E-state index in [-0.39, 0.29) is 63.8 Å². The summed E-state index contributed by atoms with van der Waals surface area (Å²) >= 11 is 0. The molecule has 18 nitrogen and oxygen atoms in total. The first kappa shape index (κ1) is 45.1. The maximum absolute atomic E-state index is 13.7. The zero-order chi connectivity index (χ0) is 47.7. The molecule has 67 heavy (non-hydrogen) atoms. The van der Waals surface area contributed by atoms with Gasteiger partial charge in [-0.05, 0) is 146 Å². The van der Waals surface area contributed by atoms with Gasteiger partial charge in [0, 0.05) is 34.9 Å². The average Bonchev–Trinajstić information content (AvgIpc) is 3.31. The molecule has 2 heterocycles. The molecule has 2 amide bonds. The van der Waals surface area contributed by atoms with Gasteiger partial charge in [-0.15, -0.1) is 0 Å². The molecule has 0 unspecified atom stereocenters. The van der Waals surface area contributed by atoms with Gasteiger partial charge in [-0.25, -0.2) is 35.2 Å². The van der Waals surface area contributed by atoms with Crippen molar-refractivity contribution in [3.05, 3.63) is 169 Å². The van der Waals surface area contributed by atoms with Gasteiger partial charge in [-0.1, -0.05) is 0 Å². The second-order valence-corrected chi connectivity index (χ2v) is 20.5. The summed E-state index contributed by atoms with van der Waals surface area (Å²) in [6.07, 6.45) is 2.05. The van der Waals surface area contributed by atoms with Gasteiger partial charge in [-0.2, -0.15) is 0 Å². The first-order valence-corrected chi connectivity index (χ1v) is 24.0.